The lowest BCUT2D eigenvalue weighted by Crippen LogP contribution is -2.57. The van der Waals surface area contributed by atoms with Crippen LogP contribution in [0.4, 0.5) is 0 Å². The maximum Gasteiger partial charge on any atom is 0.316 e. The molecule has 1 spiro atoms. The fourth-order valence-corrected chi connectivity index (χ4v) is 10.4. The summed E-state index contributed by atoms with van der Waals surface area (Å²) in [7, 11) is 1.59. The number of carbonyl (C=O) groups is 1. The number of hydrogen-bond donors (Lipinski definition) is 3. The zero-order valence-electron chi connectivity index (χ0n) is 33.4. The van der Waals surface area contributed by atoms with Gasteiger partial charge in [-0.05, 0) is 75.0 Å². The lowest BCUT2D eigenvalue weighted by molar-refractivity contribution is -0.342. The van der Waals surface area contributed by atoms with Gasteiger partial charge in [-0.15, -0.1) is 0 Å². The Bertz CT molecular complexity index is 1550. The van der Waals surface area contributed by atoms with E-state index in [0.29, 0.717) is 55.1 Å². The minimum atomic E-state index is -1.83. The van der Waals surface area contributed by atoms with Crippen LogP contribution in [0.15, 0.2) is 52.3 Å². The summed E-state index contributed by atoms with van der Waals surface area (Å²) >= 11 is 0. The van der Waals surface area contributed by atoms with E-state index in [0.717, 1.165) is 24.8 Å². The van der Waals surface area contributed by atoms with Gasteiger partial charge in [-0.25, -0.2) is 0 Å². The number of allylic oxidation sites excluding steroid dienone is 2. The standard InChI is InChI=1S/C43H63NO11/c1-24-11-10-14-30-23-50-40-36(44-48)27(4)19-33(43(30,40)47)41(46)52-32-20-31(16-15-25(2)38(24)53-35-21-34(49-6)37(45)28(5)51-35)54-42(22-32)18-17-26(3)39(55-42)29-12-8-7-9-13-29/h10-11,14-15,19,24,26,28-29,31-35,37-40,45,47-48H,7-9,12-13,16-18,20-23H2,1-6H3/b11-10+,25-15+,30-14+,44-36+/t24-,26-,28-,31+,32-,33-,34-,35-,37-,38-,39-,40+,42+,43+/m0/s1. The first-order valence-electron chi connectivity index (χ1n) is 20.7. The zero-order chi connectivity index (χ0) is 39.1. The first kappa shape index (κ1) is 40.8. The molecule has 2 aliphatic carbocycles. The Morgan fingerprint density at radius 1 is 1.02 bits per heavy atom. The second kappa shape index (κ2) is 16.8. The van der Waals surface area contributed by atoms with Gasteiger partial charge in [-0.3, -0.25) is 4.79 Å². The molecule has 0 unspecified atom stereocenters. The van der Waals surface area contributed by atoms with Crippen LogP contribution in [-0.4, -0.2) is 107 Å². The molecule has 0 amide bonds. The molecule has 7 aliphatic rings. The SMILES string of the molecule is CO[C@H]1C[C@H](O[C@@H]2/C(C)=C/C[C@@H]3C[C@@H](C[C@]4(CC[C@H](C)[C@@H](C5CCCCC5)O4)O3)OC(=O)[C@@H]3C=C(C)/C(=N\O)[C@H]4OC/C(=C\C=C\[C@@H]2C)[C@]43O)O[C@@H](C)[C@@H]1O. The number of aliphatic hydroxyl groups excluding tert-OH is 1. The van der Waals surface area contributed by atoms with Crippen molar-refractivity contribution in [3.05, 3.63) is 47.1 Å². The van der Waals surface area contributed by atoms with Crippen molar-refractivity contribution in [3.63, 3.8) is 0 Å². The van der Waals surface area contributed by atoms with E-state index in [1.54, 1.807) is 26.2 Å². The Kier molecular flexibility index (Phi) is 12.5. The summed E-state index contributed by atoms with van der Waals surface area (Å²) in [5.74, 6) is -1.83. The van der Waals surface area contributed by atoms with Crippen molar-refractivity contribution in [1.29, 1.82) is 0 Å². The highest BCUT2D eigenvalue weighted by Crippen LogP contribution is 2.48. The van der Waals surface area contributed by atoms with Crippen LogP contribution in [-0.2, 0) is 38.0 Å². The highest BCUT2D eigenvalue weighted by Gasteiger charge is 2.60. The van der Waals surface area contributed by atoms with Crippen molar-refractivity contribution < 1.29 is 53.4 Å². The molecule has 2 bridgehead atoms. The molecule has 5 heterocycles. The van der Waals surface area contributed by atoms with E-state index in [-0.39, 0.29) is 30.4 Å². The Morgan fingerprint density at radius 3 is 2.55 bits per heavy atom. The van der Waals surface area contributed by atoms with E-state index in [4.69, 9.17) is 33.2 Å². The molecular formula is C43H63NO11. The van der Waals surface area contributed by atoms with Gasteiger partial charge in [0.15, 0.2) is 12.1 Å². The van der Waals surface area contributed by atoms with Crippen molar-refractivity contribution in [2.75, 3.05) is 13.7 Å². The third-order valence-electron chi connectivity index (χ3n) is 13.6. The number of aliphatic hydroxyl groups is 2. The van der Waals surface area contributed by atoms with Crippen LogP contribution in [0.5, 0.6) is 0 Å². The topological polar surface area (TPSA) is 155 Å². The molecule has 5 fully saturated rings. The second-order valence-corrected chi connectivity index (χ2v) is 17.4. The number of rotatable bonds is 4. The number of ether oxygens (including phenoxy) is 7. The van der Waals surface area contributed by atoms with Crippen LogP contribution in [0.2, 0.25) is 0 Å². The van der Waals surface area contributed by atoms with Gasteiger partial charge < -0.3 is 48.6 Å². The van der Waals surface area contributed by atoms with E-state index in [1.807, 2.05) is 19.1 Å². The summed E-state index contributed by atoms with van der Waals surface area (Å²) in [4.78, 5) is 14.4. The first-order valence-corrected chi connectivity index (χ1v) is 20.7. The summed E-state index contributed by atoms with van der Waals surface area (Å²) < 4.78 is 45.1. The maximum absolute atomic E-state index is 14.4. The Hall–Kier alpha value is -2.42. The van der Waals surface area contributed by atoms with Crippen molar-refractivity contribution in [3.8, 4) is 0 Å². The Balaban J connectivity index is 1.25. The van der Waals surface area contributed by atoms with Crippen molar-refractivity contribution in [1.82, 2.24) is 0 Å². The van der Waals surface area contributed by atoms with Crippen molar-refractivity contribution >= 4 is 11.7 Å². The van der Waals surface area contributed by atoms with Gasteiger partial charge in [0, 0.05) is 38.7 Å². The van der Waals surface area contributed by atoms with Crippen LogP contribution in [0.25, 0.3) is 0 Å². The van der Waals surface area contributed by atoms with Crippen molar-refractivity contribution in [2.24, 2.45) is 28.8 Å². The fourth-order valence-electron chi connectivity index (χ4n) is 10.4. The smallest absolute Gasteiger partial charge is 0.316 e. The molecular weight excluding hydrogens is 706 g/mol. The van der Waals surface area contributed by atoms with Crippen LogP contribution in [0.3, 0.4) is 0 Å². The summed E-state index contributed by atoms with van der Waals surface area (Å²) in [6.07, 6.45) is 14.4. The predicted octanol–water partition coefficient (Wildman–Crippen LogP) is 6.07. The Labute approximate surface area is 325 Å². The summed E-state index contributed by atoms with van der Waals surface area (Å²) in [5, 5.41) is 36.7. The molecule has 0 aromatic heterocycles. The third kappa shape index (κ3) is 8.17. The van der Waals surface area contributed by atoms with Crippen LogP contribution in [0, 0.1) is 23.7 Å². The molecule has 7 rings (SSSR count). The summed E-state index contributed by atoms with van der Waals surface area (Å²) in [6, 6.07) is 0. The summed E-state index contributed by atoms with van der Waals surface area (Å²) in [6.45, 7) is 10.0. The van der Waals surface area contributed by atoms with Gasteiger partial charge in [-0.2, -0.15) is 0 Å². The number of fused-ring (bicyclic) bond motifs is 2. The monoisotopic (exact) mass is 769 g/mol. The molecule has 0 radical (unpaired) electrons. The molecule has 4 saturated heterocycles. The van der Waals surface area contributed by atoms with E-state index in [1.165, 1.54) is 19.3 Å². The van der Waals surface area contributed by atoms with Gasteiger partial charge in [0.2, 0.25) is 0 Å². The minimum absolute atomic E-state index is 0.0359. The zero-order valence-corrected chi connectivity index (χ0v) is 33.4. The molecule has 1 saturated carbocycles. The lowest BCUT2D eigenvalue weighted by Gasteiger charge is -2.51. The van der Waals surface area contributed by atoms with E-state index < -0.39 is 66.2 Å². The largest absolute Gasteiger partial charge is 0.462 e. The maximum atomic E-state index is 14.4. The lowest BCUT2D eigenvalue weighted by atomic mass is 9.71. The van der Waals surface area contributed by atoms with E-state index in [9.17, 15) is 20.2 Å². The van der Waals surface area contributed by atoms with Gasteiger partial charge in [0.1, 0.15) is 35.5 Å². The van der Waals surface area contributed by atoms with Crippen LogP contribution in [0.1, 0.15) is 105 Å². The molecule has 12 nitrogen and oxygen atoms in total. The molecule has 0 aromatic rings. The Morgan fingerprint density at radius 2 is 1.80 bits per heavy atom. The first-order chi connectivity index (χ1) is 26.4. The molecule has 14 atom stereocenters. The average Bonchev–Trinajstić information content (AvgIpc) is 3.50. The normalized spacial score (nSPS) is 47.9. The quantitative estimate of drug-likeness (QED) is 0.132. The number of methoxy groups -OCH3 is 1. The molecule has 5 aliphatic heterocycles. The molecule has 0 aromatic carbocycles. The number of oxime groups is 1. The van der Waals surface area contributed by atoms with Gasteiger partial charge in [0.05, 0.1) is 37.1 Å². The predicted molar refractivity (Wildman–Crippen MR) is 203 cm³/mol. The average molecular weight is 770 g/mol. The van der Waals surface area contributed by atoms with E-state index >= 15 is 0 Å². The highest BCUT2D eigenvalue weighted by atomic mass is 16.7. The number of esters is 1. The molecule has 3 N–H and O–H groups in total. The van der Waals surface area contributed by atoms with Crippen LogP contribution >= 0.6 is 0 Å². The van der Waals surface area contributed by atoms with Gasteiger partial charge in [0.25, 0.3) is 0 Å². The van der Waals surface area contributed by atoms with Crippen molar-refractivity contribution in [2.45, 2.75) is 172 Å². The van der Waals surface area contributed by atoms with Crippen LogP contribution < -0.4 is 0 Å². The van der Waals surface area contributed by atoms with E-state index in [2.05, 4.69) is 32.0 Å². The second-order valence-electron chi connectivity index (χ2n) is 17.4. The molecule has 306 valence electrons. The van der Waals surface area contributed by atoms with Gasteiger partial charge in [-0.1, -0.05) is 68.6 Å². The third-order valence-corrected chi connectivity index (χ3v) is 13.6. The highest BCUT2D eigenvalue weighted by molar-refractivity contribution is 6.06. The number of hydrogen-bond acceptors (Lipinski definition) is 12. The summed E-state index contributed by atoms with van der Waals surface area (Å²) in [5.41, 5.74) is 0.362. The fraction of sp³-hybridized carbons (Fsp3) is 0.767. The molecule has 55 heavy (non-hydrogen) atoms. The van der Waals surface area contributed by atoms with Gasteiger partial charge >= 0.3 is 5.97 Å². The number of carbonyl (C=O) groups excluding carboxylic acids is 1. The number of nitrogens with zero attached hydrogens (tertiary/aromatic N) is 1. The molecule has 12 heteroatoms. The minimum Gasteiger partial charge on any atom is -0.462 e.